The second kappa shape index (κ2) is 8.55. The first-order valence-corrected chi connectivity index (χ1v) is 9.67. The lowest BCUT2D eigenvalue weighted by Crippen LogP contribution is -2.29. The highest BCUT2D eigenvalue weighted by Crippen LogP contribution is 2.32. The number of fused-ring (bicyclic) bond motifs is 1. The SMILES string of the molecule is [2H]C1([2H])CC([2H])(O)C([2H])([2H])C([2H])([2H])C1([2H])Nc1ncc2nc(Nc3c(F)cc(F)cc3F)n(C3CCOC3)c2n1. The molecule has 3 heterocycles. The van der Waals surface area contributed by atoms with E-state index in [9.17, 15) is 18.3 Å². The molecule has 3 aromatic rings. The first kappa shape index (κ1) is 13.6. The van der Waals surface area contributed by atoms with E-state index in [1.807, 2.05) is 0 Å². The Morgan fingerprint density at radius 1 is 1.16 bits per heavy atom. The standard InChI is InChI=1S/C21H23F3N6O2/c22-11-7-15(23)18(16(24)8-11)28-21-27-17-9-25-20(26-12-1-3-14(31)4-2-12)29-19(17)30(21)13-5-6-32-10-13/h7-9,12-14,31H,1-6,10H2,(H,27,28)(H,25,26,29)/i1D2,2D2,3D2,12D,14D. The molecule has 1 aromatic carbocycles. The Kier molecular flexibility index (Phi) is 3.63. The third-order valence-electron chi connectivity index (χ3n) is 4.95. The van der Waals surface area contributed by atoms with E-state index in [-0.39, 0.29) is 23.7 Å². The molecule has 0 radical (unpaired) electrons. The first-order valence-electron chi connectivity index (χ1n) is 13.7. The molecular weight excluding hydrogens is 425 g/mol. The number of imidazole rings is 1. The first-order chi connectivity index (χ1) is 18.4. The van der Waals surface area contributed by atoms with Crippen molar-refractivity contribution in [1.82, 2.24) is 19.5 Å². The summed E-state index contributed by atoms with van der Waals surface area (Å²) in [5, 5.41) is 14.9. The van der Waals surface area contributed by atoms with Crippen LogP contribution in [0.2, 0.25) is 0 Å². The van der Waals surface area contributed by atoms with E-state index in [0.717, 1.165) is 6.20 Å². The molecule has 2 fully saturated rings. The zero-order valence-electron chi connectivity index (χ0n) is 24.4. The highest BCUT2D eigenvalue weighted by atomic mass is 19.1. The summed E-state index contributed by atoms with van der Waals surface area (Å²) in [4.78, 5) is 12.5. The molecule has 170 valence electrons. The zero-order chi connectivity index (χ0) is 29.5. The number of nitrogens with zero attached hydrogens (tertiary/aromatic N) is 4. The Labute approximate surface area is 193 Å². The van der Waals surface area contributed by atoms with Crippen LogP contribution in [0.15, 0.2) is 18.3 Å². The van der Waals surface area contributed by atoms with Crippen LogP contribution in [0.5, 0.6) is 0 Å². The maximum Gasteiger partial charge on any atom is 0.224 e. The fraction of sp³-hybridized carbons (Fsp3) is 0.476. The van der Waals surface area contributed by atoms with Crippen LogP contribution in [0.4, 0.5) is 30.8 Å². The van der Waals surface area contributed by atoms with Crippen LogP contribution in [-0.2, 0) is 4.74 Å². The summed E-state index contributed by atoms with van der Waals surface area (Å²) in [6, 6.07) is -2.63. The average molecular weight is 456 g/mol. The number of ether oxygens (including phenoxy) is 1. The second-order valence-corrected chi connectivity index (χ2v) is 7.14. The summed E-state index contributed by atoms with van der Waals surface area (Å²) < 4.78 is 115. The summed E-state index contributed by atoms with van der Waals surface area (Å²) in [5.74, 6) is -4.23. The minimum Gasteiger partial charge on any atom is -0.393 e. The zero-order valence-corrected chi connectivity index (χ0v) is 16.4. The van der Waals surface area contributed by atoms with Crippen molar-refractivity contribution in [3.8, 4) is 0 Å². The van der Waals surface area contributed by atoms with Gasteiger partial charge in [-0.3, -0.25) is 4.57 Å². The lowest BCUT2D eigenvalue weighted by atomic mass is 9.93. The van der Waals surface area contributed by atoms with E-state index >= 15 is 0 Å². The van der Waals surface area contributed by atoms with Gasteiger partial charge in [0.05, 0.1) is 27.7 Å². The van der Waals surface area contributed by atoms with Gasteiger partial charge in [0.25, 0.3) is 0 Å². The number of hydrogen-bond donors (Lipinski definition) is 3. The minimum atomic E-state index is -3.49. The molecular formula is C21H23F3N6O2. The van der Waals surface area contributed by atoms with Crippen molar-refractivity contribution in [3.63, 3.8) is 0 Å². The summed E-state index contributed by atoms with van der Waals surface area (Å²) in [6.07, 6.45) is -12.8. The van der Waals surface area contributed by atoms with Gasteiger partial charge in [-0.2, -0.15) is 4.98 Å². The Balaban J connectivity index is 1.60. The van der Waals surface area contributed by atoms with Gasteiger partial charge in [-0.25, -0.2) is 23.1 Å². The van der Waals surface area contributed by atoms with E-state index in [0.29, 0.717) is 25.2 Å². The van der Waals surface area contributed by atoms with E-state index in [2.05, 4.69) is 25.6 Å². The van der Waals surface area contributed by atoms with Gasteiger partial charge in [-0.05, 0) is 32.0 Å². The number of nitrogens with one attached hydrogen (secondary N) is 2. The number of halogens is 3. The van der Waals surface area contributed by atoms with E-state index in [1.165, 1.54) is 4.57 Å². The lowest BCUT2D eigenvalue weighted by molar-refractivity contribution is 0.126. The van der Waals surface area contributed by atoms with E-state index in [1.54, 1.807) is 0 Å². The second-order valence-electron chi connectivity index (χ2n) is 7.14. The highest BCUT2D eigenvalue weighted by molar-refractivity contribution is 5.76. The molecule has 2 aliphatic rings. The van der Waals surface area contributed by atoms with Crippen LogP contribution >= 0.6 is 0 Å². The average Bonchev–Trinajstić information content (AvgIpc) is 3.46. The van der Waals surface area contributed by atoms with E-state index < -0.39 is 72.8 Å². The van der Waals surface area contributed by atoms with Crippen LogP contribution in [0, 0.1) is 17.5 Å². The van der Waals surface area contributed by atoms with Crippen molar-refractivity contribution in [3.05, 3.63) is 35.8 Å². The number of hydrogen-bond acceptors (Lipinski definition) is 7. The van der Waals surface area contributed by atoms with Gasteiger partial charge in [0.15, 0.2) is 17.3 Å². The molecule has 8 nitrogen and oxygen atoms in total. The monoisotopic (exact) mass is 456 g/mol. The Morgan fingerprint density at radius 2 is 1.97 bits per heavy atom. The topological polar surface area (TPSA) is 97.1 Å². The predicted octanol–water partition coefficient (Wildman–Crippen LogP) is 3.66. The van der Waals surface area contributed by atoms with Crippen molar-refractivity contribution >= 4 is 28.7 Å². The summed E-state index contributed by atoms with van der Waals surface area (Å²) in [6.45, 7) is 0.484. The van der Waals surface area contributed by atoms with Gasteiger partial charge in [0.2, 0.25) is 11.9 Å². The molecule has 32 heavy (non-hydrogen) atoms. The van der Waals surface area contributed by atoms with Crippen molar-refractivity contribution in [1.29, 1.82) is 0 Å². The van der Waals surface area contributed by atoms with Crippen molar-refractivity contribution in [2.75, 3.05) is 23.8 Å². The minimum absolute atomic E-state index is 0.0129. The Hall–Kier alpha value is -2.92. The predicted molar refractivity (Wildman–Crippen MR) is 111 cm³/mol. The Morgan fingerprint density at radius 3 is 2.72 bits per heavy atom. The van der Waals surface area contributed by atoms with Crippen LogP contribution in [0.25, 0.3) is 11.2 Å². The van der Waals surface area contributed by atoms with E-state index in [4.69, 9.17) is 15.7 Å². The third kappa shape index (κ3) is 4.09. The van der Waals surface area contributed by atoms with Crippen LogP contribution in [0.3, 0.4) is 0 Å². The van der Waals surface area contributed by atoms with Crippen molar-refractivity contribution < 1.29 is 34.0 Å². The summed E-state index contributed by atoms with van der Waals surface area (Å²) >= 11 is 0. The number of anilines is 3. The molecule has 1 saturated heterocycles. The maximum absolute atomic E-state index is 14.4. The van der Waals surface area contributed by atoms with Crippen LogP contribution in [-0.4, -0.2) is 49.9 Å². The fourth-order valence-corrected chi connectivity index (χ4v) is 3.47. The fourth-order valence-electron chi connectivity index (χ4n) is 3.47. The van der Waals surface area contributed by atoms with Gasteiger partial charge in [0, 0.05) is 33.0 Å². The molecule has 11 heteroatoms. The lowest BCUT2D eigenvalue weighted by Gasteiger charge is -2.26. The number of rotatable bonds is 5. The van der Waals surface area contributed by atoms with Gasteiger partial charge < -0.3 is 20.5 Å². The summed E-state index contributed by atoms with van der Waals surface area (Å²) in [7, 11) is 0. The molecule has 3 unspecified atom stereocenters. The molecule has 3 N–H and O–H groups in total. The molecule has 0 bridgehead atoms. The number of benzene rings is 1. The molecule has 1 aliphatic carbocycles. The molecule has 0 amide bonds. The molecule has 3 atom stereocenters. The largest absolute Gasteiger partial charge is 0.393 e. The van der Waals surface area contributed by atoms with Gasteiger partial charge in [0.1, 0.15) is 17.0 Å². The van der Waals surface area contributed by atoms with Crippen molar-refractivity contribution in [2.24, 2.45) is 0 Å². The highest BCUT2D eigenvalue weighted by Gasteiger charge is 2.27. The van der Waals surface area contributed by atoms with Crippen LogP contribution in [0.1, 0.15) is 49.0 Å². The normalized spacial score (nSPS) is 36.6. The van der Waals surface area contributed by atoms with Gasteiger partial charge >= 0.3 is 0 Å². The van der Waals surface area contributed by atoms with Gasteiger partial charge in [-0.15, -0.1) is 0 Å². The molecule has 1 aliphatic heterocycles. The molecule has 0 spiro atoms. The third-order valence-corrected chi connectivity index (χ3v) is 4.95. The Bertz CT molecular complexity index is 1460. The van der Waals surface area contributed by atoms with Crippen LogP contribution < -0.4 is 10.6 Å². The molecule has 1 saturated carbocycles. The molecule has 2 aromatic heterocycles. The number of aliphatic hydroxyl groups is 1. The summed E-state index contributed by atoms with van der Waals surface area (Å²) in [5.41, 5.74) is -0.603. The quantitative estimate of drug-likeness (QED) is 0.539. The number of aromatic nitrogens is 4. The molecule has 5 rings (SSSR count). The van der Waals surface area contributed by atoms with Gasteiger partial charge in [-0.1, -0.05) is 0 Å². The maximum atomic E-state index is 14.4. The smallest absolute Gasteiger partial charge is 0.224 e. The van der Waals surface area contributed by atoms with Crippen molar-refractivity contribution in [2.45, 2.75) is 50.1 Å².